The van der Waals surface area contributed by atoms with Crippen LogP contribution < -0.4 is 5.32 Å². The molecule has 1 fully saturated rings. The molecule has 1 aromatic rings. The first-order chi connectivity index (χ1) is 8.42. The summed E-state index contributed by atoms with van der Waals surface area (Å²) in [6.07, 6.45) is 0. The van der Waals surface area contributed by atoms with Crippen molar-refractivity contribution in [2.45, 2.75) is 25.9 Å². The van der Waals surface area contributed by atoms with Gasteiger partial charge in [0, 0.05) is 25.2 Å². The summed E-state index contributed by atoms with van der Waals surface area (Å²) < 4.78 is 13.8. The minimum atomic E-state index is -0.590. The molecule has 0 saturated carbocycles. The first kappa shape index (κ1) is 13.3. The van der Waals surface area contributed by atoms with E-state index in [1.165, 1.54) is 6.07 Å². The molecule has 0 aliphatic carbocycles. The molecular formula is C13H16ClFN2O. The minimum absolute atomic E-state index is 0.0203. The van der Waals surface area contributed by atoms with E-state index in [1.54, 1.807) is 17.0 Å². The van der Waals surface area contributed by atoms with Gasteiger partial charge < -0.3 is 10.2 Å². The first-order valence-corrected chi connectivity index (χ1v) is 6.27. The average molecular weight is 271 g/mol. The van der Waals surface area contributed by atoms with Crippen molar-refractivity contribution in [2.75, 3.05) is 13.1 Å². The molecule has 1 amide bonds. The molecule has 0 bridgehead atoms. The van der Waals surface area contributed by atoms with Crippen LogP contribution in [0.5, 0.6) is 0 Å². The first-order valence-electron chi connectivity index (χ1n) is 5.89. The number of rotatable bonds is 2. The van der Waals surface area contributed by atoms with E-state index in [0.29, 0.717) is 18.7 Å². The molecule has 0 atom stereocenters. The van der Waals surface area contributed by atoms with Crippen molar-refractivity contribution in [3.05, 3.63) is 34.6 Å². The molecule has 98 valence electrons. The molecule has 0 unspecified atom stereocenters. The number of carbonyl (C=O) groups excluding carboxylic acids is 1. The Bertz CT molecular complexity index is 476. The van der Waals surface area contributed by atoms with Gasteiger partial charge in [0.05, 0.1) is 10.6 Å². The highest BCUT2D eigenvalue weighted by Crippen LogP contribution is 2.21. The summed E-state index contributed by atoms with van der Waals surface area (Å²) in [5, 5.41) is 3.23. The number of hydrogen-bond donors (Lipinski definition) is 1. The monoisotopic (exact) mass is 270 g/mol. The Morgan fingerprint density at radius 1 is 1.50 bits per heavy atom. The van der Waals surface area contributed by atoms with Gasteiger partial charge in [-0.15, -0.1) is 0 Å². The van der Waals surface area contributed by atoms with Crippen LogP contribution in [-0.4, -0.2) is 29.4 Å². The van der Waals surface area contributed by atoms with Crippen molar-refractivity contribution in [3.63, 3.8) is 0 Å². The van der Waals surface area contributed by atoms with Crippen LogP contribution >= 0.6 is 11.6 Å². The predicted molar refractivity (Wildman–Crippen MR) is 68.9 cm³/mol. The van der Waals surface area contributed by atoms with E-state index in [2.05, 4.69) is 5.32 Å². The SMILES string of the molecule is CC1(C)NCCN(Cc2cccc(Cl)c2F)C1=O. The third kappa shape index (κ3) is 2.49. The van der Waals surface area contributed by atoms with Gasteiger partial charge in [-0.3, -0.25) is 4.79 Å². The van der Waals surface area contributed by atoms with E-state index in [9.17, 15) is 9.18 Å². The smallest absolute Gasteiger partial charge is 0.242 e. The number of amides is 1. The predicted octanol–water partition coefficient (Wildman–Crippen LogP) is 2.19. The normalized spacial score (nSPS) is 19.1. The van der Waals surface area contributed by atoms with E-state index in [0.717, 1.165) is 0 Å². The maximum atomic E-state index is 13.8. The molecule has 0 radical (unpaired) electrons. The average Bonchev–Trinajstić information content (AvgIpc) is 2.31. The van der Waals surface area contributed by atoms with Crippen molar-refractivity contribution in [1.82, 2.24) is 10.2 Å². The number of hydrogen-bond acceptors (Lipinski definition) is 2. The maximum absolute atomic E-state index is 13.8. The fourth-order valence-electron chi connectivity index (χ4n) is 2.10. The second kappa shape index (κ2) is 4.86. The van der Waals surface area contributed by atoms with Gasteiger partial charge in [-0.25, -0.2) is 4.39 Å². The summed E-state index contributed by atoms with van der Waals surface area (Å²) in [7, 11) is 0. The van der Waals surface area contributed by atoms with Crippen LogP contribution in [0.2, 0.25) is 5.02 Å². The second-order valence-electron chi connectivity index (χ2n) is 4.99. The summed E-state index contributed by atoms with van der Waals surface area (Å²) in [4.78, 5) is 13.8. The highest BCUT2D eigenvalue weighted by molar-refractivity contribution is 6.30. The minimum Gasteiger partial charge on any atom is -0.335 e. The van der Waals surface area contributed by atoms with E-state index < -0.39 is 11.4 Å². The van der Waals surface area contributed by atoms with Gasteiger partial charge in [-0.05, 0) is 19.9 Å². The molecule has 2 rings (SSSR count). The van der Waals surface area contributed by atoms with Crippen LogP contribution in [0.1, 0.15) is 19.4 Å². The fourth-order valence-corrected chi connectivity index (χ4v) is 2.30. The molecule has 0 aromatic heterocycles. The van der Waals surface area contributed by atoms with Crippen LogP contribution in [0, 0.1) is 5.82 Å². The van der Waals surface area contributed by atoms with Crippen LogP contribution in [0.4, 0.5) is 4.39 Å². The molecule has 1 aliphatic heterocycles. The number of piperazine rings is 1. The van der Waals surface area contributed by atoms with Gasteiger partial charge in [-0.1, -0.05) is 23.7 Å². The molecule has 18 heavy (non-hydrogen) atoms. The zero-order valence-electron chi connectivity index (χ0n) is 10.5. The lowest BCUT2D eigenvalue weighted by Gasteiger charge is -2.38. The molecule has 1 aromatic carbocycles. The van der Waals surface area contributed by atoms with Gasteiger partial charge in [0.25, 0.3) is 0 Å². The fraction of sp³-hybridized carbons (Fsp3) is 0.462. The van der Waals surface area contributed by atoms with Gasteiger partial charge in [0.1, 0.15) is 5.82 Å². The molecular weight excluding hydrogens is 255 g/mol. The number of benzene rings is 1. The van der Waals surface area contributed by atoms with Crippen molar-refractivity contribution < 1.29 is 9.18 Å². The quantitative estimate of drug-likeness (QED) is 0.893. The molecule has 0 spiro atoms. The topological polar surface area (TPSA) is 32.3 Å². The number of carbonyl (C=O) groups is 1. The molecule has 1 aliphatic rings. The third-order valence-electron chi connectivity index (χ3n) is 3.16. The lowest BCUT2D eigenvalue weighted by molar-refractivity contribution is -0.140. The Balaban J connectivity index is 2.19. The Kier molecular flexibility index (Phi) is 3.59. The zero-order chi connectivity index (χ0) is 13.3. The van der Waals surface area contributed by atoms with E-state index in [4.69, 9.17) is 11.6 Å². The standard InChI is InChI=1S/C13H16ClFN2O/c1-13(2)12(18)17(7-6-16-13)8-9-4-3-5-10(14)11(9)15/h3-5,16H,6-8H2,1-2H3. The highest BCUT2D eigenvalue weighted by Gasteiger charge is 2.35. The Morgan fingerprint density at radius 2 is 2.22 bits per heavy atom. The van der Waals surface area contributed by atoms with E-state index in [1.807, 2.05) is 13.8 Å². The molecule has 1 saturated heterocycles. The summed E-state index contributed by atoms with van der Waals surface area (Å²) in [6, 6.07) is 4.85. The molecule has 5 heteroatoms. The second-order valence-corrected chi connectivity index (χ2v) is 5.40. The Hall–Kier alpha value is -1.13. The number of halogens is 2. The van der Waals surface area contributed by atoms with Gasteiger partial charge in [-0.2, -0.15) is 0 Å². The van der Waals surface area contributed by atoms with Crippen molar-refractivity contribution in [3.8, 4) is 0 Å². The molecule has 1 N–H and O–H groups in total. The zero-order valence-corrected chi connectivity index (χ0v) is 11.2. The van der Waals surface area contributed by atoms with Crippen LogP contribution in [0.3, 0.4) is 0 Å². The largest absolute Gasteiger partial charge is 0.335 e. The molecule has 1 heterocycles. The highest BCUT2D eigenvalue weighted by atomic mass is 35.5. The lowest BCUT2D eigenvalue weighted by Crippen LogP contribution is -2.60. The van der Waals surface area contributed by atoms with E-state index in [-0.39, 0.29) is 17.5 Å². The number of nitrogens with zero attached hydrogens (tertiary/aromatic N) is 1. The van der Waals surface area contributed by atoms with Crippen LogP contribution in [0.25, 0.3) is 0 Å². The summed E-state index contributed by atoms with van der Waals surface area (Å²) in [5.41, 5.74) is -0.138. The van der Waals surface area contributed by atoms with E-state index >= 15 is 0 Å². The summed E-state index contributed by atoms with van der Waals surface area (Å²) >= 11 is 5.73. The van der Waals surface area contributed by atoms with Gasteiger partial charge in [0.2, 0.25) is 5.91 Å². The number of nitrogens with one attached hydrogen (secondary N) is 1. The summed E-state index contributed by atoms with van der Waals surface area (Å²) in [5.74, 6) is -0.462. The van der Waals surface area contributed by atoms with Crippen molar-refractivity contribution in [1.29, 1.82) is 0 Å². The lowest BCUT2D eigenvalue weighted by atomic mass is 10.0. The Morgan fingerprint density at radius 3 is 2.94 bits per heavy atom. The third-order valence-corrected chi connectivity index (χ3v) is 3.46. The Labute approximate surface area is 111 Å². The van der Waals surface area contributed by atoms with Gasteiger partial charge in [0.15, 0.2) is 0 Å². The molecule has 3 nitrogen and oxygen atoms in total. The van der Waals surface area contributed by atoms with Crippen LogP contribution in [0.15, 0.2) is 18.2 Å². The maximum Gasteiger partial charge on any atom is 0.242 e. The van der Waals surface area contributed by atoms with Crippen LogP contribution in [-0.2, 0) is 11.3 Å². The van der Waals surface area contributed by atoms with Crippen molar-refractivity contribution >= 4 is 17.5 Å². The summed E-state index contributed by atoms with van der Waals surface area (Å²) in [6.45, 7) is 5.21. The van der Waals surface area contributed by atoms with Gasteiger partial charge >= 0.3 is 0 Å². The van der Waals surface area contributed by atoms with Crippen molar-refractivity contribution in [2.24, 2.45) is 0 Å².